The minimum Gasteiger partial charge on any atom is -0.472 e. The van der Waals surface area contributed by atoms with E-state index in [4.69, 9.17) is 21.0 Å². The van der Waals surface area contributed by atoms with Crippen molar-refractivity contribution in [2.75, 3.05) is 0 Å². The Hall–Kier alpha value is -0.620. The second-order valence-electron chi connectivity index (χ2n) is 4.53. The zero-order chi connectivity index (χ0) is 12.5. The summed E-state index contributed by atoms with van der Waals surface area (Å²) in [5.41, 5.74) is 1.98. The Kier molecular flexibility index (Phi) is 3.56. The normalized spacial score (nSPS) is 16.3. The van der Waals surface area contributed by atoms with Gasteiger partial charge in [0.2, 0.25) is 0 Å². The number of halogens is 2. The maximum atomic E-state index is 6.23. The fourth-order valence-electron chi connectivity index (χ4n) is 2.43. The van der Waals surface area contributed by atoms with E-state index in [1.54, 1.807) is 12.5 Å². The Bertz CT molecular complexity index is 550. The van der Waals surface area contributed by atoms with Crippen molar-refractivity contribution in [3.8, 4) is 11.4 Å². The van der Waals surface area contributed by atoms with E-state index in [1.165, 1.54) is 25.7 Å². The molecule has 0 atom stereocenters. The highest BCUT2D eigenvalue weighted by molar-refractivity contribution is 14.1. The molecule has 0 radical (unpaired) electrons. The molecule has 1 aliphatic carbocycles. The van der Waals surface area contributed by atoms with Crippen molar-refractivity contribution in [2.45, 2.75) is 31.6 Å². The molecule has 0 spiro atoms. The molecule has 0 saturated heterocycles. The number of furan rings is 1. The zero-order valence-electron chi connectivity index (χ0n) is 9.70. The van der Waals surface area contributed by atoms with Gasteiger partial charge in [-0.15, -0.1) is 0 Å². The Morgan fingerprint density at radius 1 is 1.28 bits per heavy atom. The van der Waals surface area contributed by atoms with Crippen LogP contribution >= 0.6 is 34.2 Å². The molecular formula is C13H12ClIN2O. The molecule has 0 amide bonds. The van der Waals surface area contributed by atoms with Crippen LogP contribution in [0.2, 0.25) is 5.15 Å². The monoisotopic (exact) mass is 374 g/mol. The van der Waals surface area contributed by atoms with Crippen molar-refractivity contribution in [3.05, 3.63) is 33.0 Å². The van der Waals surface area contributed by atoms with E-state index < -0.39 is 0 Å². The van der Waals surface area contributed by atoms with Gasteiger partial charge in [0.1, 0.15) is 11.4 Å². The SMILES string of the molecule is Clc1nc(-c2ccoc2)nc(C2CCCC2)c1I. The lowest BCUT2D eigenvalue weighted by molar-refractivity contribution is 0.568. The molecule has 1 fully saturated rings. The predicted octanol–water partition coefficient (Wildman–Crippen LogP) is 4.65. The molecule has 3 rings (SSSR count). The number of hydrogen-bond acceptors (Lipinski definition) is 3. The molecule has 2 aromatic rings. The topological polar surface area (TPSA) is 38.9 Å². The van der Waals surface area contributed by atoms with Gasteiger partial charge in [-0.1, -0.05) is 24.4 Å². The summed E-state index contributed by atoms with van der Waals surface area (Å²) in [6.45, 7) is 0. The van der Waals surface area contributed by atoms with Gasteiger partial charge in [0.25, 0.3) is 0 Å². The van der Waals surface area contributed by atoms with Crippen LogP contribution in [0.15, 0.2) is 23.0 Å². The Morgan fingerprint density at radius 2 is 2.06 bits per heavy atom. The number of nitrogens with zero attached hydrogens (tertiary/aromatic N) is 2. The summed E-state index contributed by atoms with van der Waals surface area (Å²) < 4.78 is 6.07. The predicted molar refractivity (Wildman–Crippen MR) is 78.7 cm³/mol. The number of aromatic nitrogens is 2. The highest BCUT2D eigenvalue weighted by atomic mass is 127. The average molecular weight is 375 g/mol. The Labute approximate surface area is 124 Å². The third kappa shape index (κ3) is 2.28. The number of rotatable bonds is 2. The molecule has 0 aromatic carbocycles. The van der Waals surface area contributed by atoms with E-state index in [0.29, 0.717) is 16.9 Å². The summed E-state index contributed by atoms with van der Waals surface area (Å²) >= 11 is 8.47. The van der Waals surface area contributed by atoms with Crippen molar-refractivity contribution in [1.29, 1.82) is 0 Å². The highest BCUT2D eigenvalue weighted by Gasteiger charge is 2.23. The zero-order valence-corrected chi connectivity index (χ0v) is 12.6. The fraction of sp³-hybridized carbons (Fsp3) is 0.385. The molecule has 18 heavy (non-hydrogen) atoms. The van der Waals surface area contributed by atoms with Gasteiger partial charge in [-0.2, -0.15) is 0 Å². The molecule has 3 nitrogen and oxygen atoms in total. The molecule has 0 aliphatic heterocycles. The summed E-state index contributed by atoms with van der Waals surface area (Å²) in [5.74, 6) is 1.19. The lowest BCUT2D eigenvalue weighted by Gasteiger charge is -2.12. The molecule has 1 aliphatic rings. The van der Waals surface area contributed by atoms with Gasteiger partial charge in [-0.25, -0.2) is 9.97 Å². The van der Waals surface area contributed by atoms with Crippen molar-refractivity contribution >= 4 is 34.2 Å². The van der Waals surface area contributed by atoms with Crippen LogP contribution in [0.4, 0.5) is 0 Å². The van der Waals surface area contributed by atoms with Crippen molar-refractivity contribution in [1.82, 2.24) is 9.97 Å². The summed E-state index contributed by atoms with van der Waals surface area (Å²) in [6.07, 6.45) is 8.24. The van der Waals surface area contributed by atoms with Crippen LogP contribution in [0.3, 0.4) is 0 Å². The van der Waals surface area contributed by atoms with Crippen molar-refractivity contribution in [2.24, 2.45) is 0 Å². The molecule has 94 valence electrons. The first-order valence-corrected chi connectivity index (χ1v) is 7.47. The molecule has 0 unspecified atom stereocenters. The maximum absolute atomic E-state index is 6.23. The second kappa shape index (κ2) is 5.17. The van der Waals surface area contributed by atoms with E-state index in [2.05, 4.69) is 27.6 Å². The summed E-state index contributed by atoms with van der Waals surface area (Å²) in [7, 11) is 0. The Balaban J connectivity index is 2.07. The first kappa shape index (κ1) is 12.4. The van der Waals surface area contributed by atoms with Crippen LogP contribution < -0.4 is 0 Å². The van der Waals surface area contributed by atoms with Crippen LogP contribution in [0.25, 0.3) is 11.4 Å². The first-order valence-electron chi connectivity index (χ1n) is 6.01. The van der Waals surface area contributed by atoms with Crippen LogP contribution in [0.1, 0.15) is 37.3 Å². The van der Waals surface area contributed by atoms with Crippen LogP contribution in [0, 0.1) is 3.57 Å². The molecular weight excluding hydrogens is 363 g/mol. The summed E-state index contributed by atoms with van der Waals surface area (Å²) in [5, 5.41) is 0.545. The van der Waals surface area contributed by atoms with Crippen molar-refractivity contribution < 1.29 is 4.42 Å². The molecule has 0 bridgehead atoms. The van der Waals surface area contributed by atoms with E-state index in [1.807, 2.05) is 6.07 Å². The molecule has 2 aromatic heterocycles. The van der Waals surface area contributed by atoms with Crippen LogP contribution in [-0.2, 0) is 0 Å². The van der Waals surface area contributed by atoms with Gasteiger partial charge >= 0.3 is 0 Å². The van der Waals surface area contributed by atoms with E-state index in [-0.39, 0.29) is 0 Å². The van der Waals surface area contributed by atoms with Gasteiger partial charge in [-0.3, -0.25) is 0 Å². The van der Waals surface area contributed by atoms with Gasteiger partial charge < -0.3 is 4.42 Å². The van der Waals surface area contributed by atoms with E-state index in [9.17, 15) is 0 Å². The molecule has 1 saturated carbocycles. The third-order valence-electron chi connectivity index (χ3n) is 3.36. The van der Waals surface area contributed by atoms with E-state index in [0.717, 1.165) is 14.8 Å². The summed E-state index contributed by atoms with van der Waals surface area (Å²) in [4.78, 5) is 9.03. The second-order valence-corrected chi connectivity index (χ2v) is 5.97. The van der Waals surface area contributed by atoms with Gasteiger partial charge in [0.15, 0.2) is 5.82 Å². The first-order chi connectivity index (χ1) is 8.75. The van der Waals surface area contributed by atoms with E-state index >= 15 is 0 Å². The van der Waals surface area contributed by atoms with Crippen LogP contribution in [-0.4, -0.2) is 9.97 Å². The van der Waals surface area contributed by atoms with Crippen molar-refractivity contribution in [3.63, 3.8) is 0 Å². The van der Waals surface area contributed by atoms with Gasteiger partial charge in [-0.05, 0) is 41.5 Å². The standard InChI is InChI=1S/C13H12ClIN2O/c14-12-10(15)11(8-3-1-2-4-8)16-13(17-12)9-5-6-18-7-9/h5-8H,1-4H2. The average Bonchev–Trinajstić information content (AvgIpc) is 3.03. The van der Waals surface area contributed by atoms with Gasteiger partial charge in [0, 0.05) is 5.92 Å². The smallest absolute Gasteiger partial charge is 0.164 e. The quantitative estimate of drug-likeness (QED) is 0.567. The fourth-order valence-corrected chi connectivity index (χ4v) is 3.28. The highest BCUT2D eigenvalue weighted by Crippen LogP contribution is 2.37. The minimum absolute atomic E-state index is 0.531. The largest absolute Gasteiger partial charge is 0.472 e. The molecule has 5 heteroatoms. The van der Waals surface area contributed by atoms with Gasteiger partial charge in [0.05, 0.1) is 21.1 Å². The third-order valence-corrected chi connectivity index (χ3v) is 5.01. The lowest BCUT2D eigenvalue weighted by atomic mass is 10.0. The lowest BCUT2D eigenvalue weighted by Crippen LogP contribution is -2.04. The molecule has 0 N–H and O–H groups in total. The minimum atomic E-state index is 0.531. The maximum Gasteiger partial charge on any atom is 0.164 e. The Morgan fingerprint density at radius 3 is 2.72 bits per heavy atom. The summed E-state index contributed by atoms with van der Waals surface area (Å²) in [6, 6.07) is 1.86. The molecule has 2 heterocycles. The number of hydrogen-bond donors (Lipinski definition) is 0. The van der Waals surface area contributed by atoms with Crippen LogP contribution in [0.5, 0.6) is 0 Å².